The van der Waals surface area contributed by atoms with Crippen molar-refractivity contribution in [1.29, 1.82) is 0 Å². The number of nitrogens with one attached hydrogen (secondary N) is 1. The third-order valence-corrected chi connectivity index (χ3v) is 4.89. The van der Waals surface area contributed by atoms with Gasteiger partial charge in [0.2, 0.25) is 0 Å². The molecule has 100 valence electrons. The molecular weight excluding hydrogens is 212 g/mol. The average molecular weight is 240 g/mol. The molecule has 0 bridgehead atoms. The van der Waals surface area contributed by atoms with Crippen molar-refractivity contribution >= 4 is 0 Å². The van der Waals surface area contributed by atoms with Crippen LogP contribution in [0.1, 0.15) is 58.8 Å². The first kappa shape index (κ1) is 13.3. The Labute approximate surface area is 105 Å². The molecule has 1 saturated heterocycles. The van der Waals surface area contributed by atoms with Gasteiger partial charge in [-0.25, -0.2) is 0 Å². The molecule has 1 aliphatic carbocycles. The molecule has 2 atom stereocenters. The van der Waals surface area contributed by atoms with E-state index in [-0.39, 0.29) is 11.1 Å². The predicted octanol–water partition coefficient (Wildman–Crippen LogP) is 2.20. The summed E-state index contributed by atoms with van der Waals surface area (Å²) in [5, 5.41) is 3.68. The Morgan fingerprint density at radius 2 is 1.94 bits per heavy atom. The van der Waals surface area contributed by atoms with Crippen molar-refractivity contribution in [3.05, 3.63) is 0 Å². The zero-order valence-corrected chi connectivity index (χ0v) is 11.4. The maximum atomic E-state index is 6.45. The van der Waals surface area contributed by atoms with E-state index in [0.717, 1.165) is 26.0 Å². The van der Waals surface area contributed by atoms with Crippen molar-refractivity contribution in [2.24, 2.45) is 5.73 Å². The number of nitrogens with two attached hydrogens (primary N) is 1. The maximum absolute atomic E-state index is 6.45. The van der Waals surface area contributed by atoms with Crippen molar-refractivity contribution in [2.45, 2.75) is 76.0 Å². The molecule has 1 saturated carbocycles. The van der Waals surface area contributed by atoms with Crippen LogP contribution in [0.4, 0.5) is 0 Å². The van der Waals surface area contributed by atoms with Gasteiger partial charge in [-0.1, -0.05) is 19.3 Å². The summed E-state index contributed by atoms with van der Waals surface area (Å²) in [6, 6.07) is 0. The van der Waals surface area contributed by atoms with Gasteiger partial charge in [0.15, 0.2) is 0 Å². The Morgan fingerprint density at radius 1 is 1.24 bits per heavy atom. The van der Waals surface area contributed by atoms with Gasteiger partial charge in [0.1, 0.15) is 0 Å². The van der Waals surface area contributed by atoms with Gasteiger partial charge in [-0.3, -0.25) is 0 Å². The normalized spacial score (nSPS) is 37.2. The van der Waals surface area contributed by atoms with Gasteiger partial charge in [-0.15, -0.1) is 0 Å². The zero-order valence-electron chi connectivity index (χ0n) is 11.4. The van der Waals surface area contributed by atoms with Crippen LogP contribution in [0.2, 0.25) is 0 Å². The molecule has 2 unspecified atom stereocenters. The highest BCUT2D eigenvalue weighted by molar-refractivity contribution is 4.95. The molecule has 2 rings (SSSR count). The summed E-state index contributed by atoms with van der Waals surface area (Å²) in [6.07, 6.45) is 8.95. The molecule has 2 aliphatic rings. The largest absolute Gasteiger partial charge is 0.377 e. The Kier molecular flexibility index (Phi) is 4.11. The average Bonchev–Trinajstić information content (AvgIpc) is 2.60. The van der Waals surface area contributed by atoms with Crippen molar-refractivity contribution in [2.75, 3.05) is 13.2 Å². The fourth-order valence-electron chi connectivity index (χ4n) is 3.17. The molecule has 0 aromatic rings. The van der Waals surface area contributed by atoms with Crippen LogP contribution in [0.5, 0.6) is 0 Å². The predicted molar refractivity (Wildman–Crippen MR) is 71.1 cm³/mol. The van der Waals surface area contributed by atoms with E-state index in [0.29, 0.717) is 6.10 Å². The molecular formula is C14H28N2O. The Morgan fingerprint density at radius 3 is 2.53 bits per heavy atom. The molecule has 0 aromatic carbocycles. The van der Waals surface area contributed by atoms with Gasteiger partial charge in [-0.05, 0) is 46.1 Å². The van der Waals surface area contributed by atoms with E-state index < -0.39 is 0 Å². The van der Waals surface area contributed by atoms with Crippen LogP contribution in [-0.4, -0.2) is 30.3 Å². The Bertz CT molecular complexity index is 251. The van der Waals surface area contributed by atoms with Crippen LogP contribution in [-0.2, 0) is 4.74 Å². The quantitative estimate of drug-likeness (QED) is 0.792. The standard InChI is InChI=1S/C14H28N2O/c1-12-13(2,9-11-17-12)16-10-8-14(15)6-4-3-5-7-14/h12,16H,3-11,15H2,1-2H3. The lowest BCUT2D eigenvalue weighted by Gasteiger charge is -2.36. The summed E-state index contributed by atoms with van der Waals surface area (Å²) >= 11 is 0. The molecule has 3 N–H and O–H groups in total. The van der Waals surface area contributed by atoms with E-state index in [4.69, 9.17) is 10.5 Å². The summed E-state index contributed by atoms with van der Waals surface area (Å²) in [7, 11) is 0. The Balaban J connectivity index is 1.75. The summed E-state index contributed by atoms with van der Waals surface area (Å²) in [6.45, 7) is 6.35. The van der Waals surface area contributed by atoms with Gasteiger partial charge in [0.25, 0.3) is 0 Å². The first-order chi connectivity index (χ1) is 8.04. The SMILES string of the molecule is CC1OCCC1(C)NCCC1(N)CCCCC1. The molecule has 1 heterocycles. The molecule has 3 heteroatoms. The third kappa shape index (κ3) is 3.21. The topological polar surface area (TPSA) is 47.3 Å². The summed E-state index contributed by atoms with van der Waals surface area (Å²) in [4.78, 5) is 0. The molecule has 0 radical (unpaired) electrons. The highest BCUT2D eigenvalue weighted by Gasteiger charge is 2.37. The van der Waals surface area contributed by atoms with Crippen LogP contribution in [0.25, 0.3) is 0 Å². The second-order valence-corrected chi connectivity index (χ2v) is 6.28. The molecule has 3 nitrogen and oxygen atoms in total. The Hall–Kier alpha value is -0.120. The van der Waals surface area contributed by atoms with Crippen LogP contribution in [0.15, 0.2) is 0 Å². The van der Waals surface area contributed by atoms with Gasteiger partial charge in [-0.2, -0.15) is 0 Å². The molecule has 17 heavy (non-hydrogen) atoms. The lowest BCUT2D eigenvalue weighted by molar-refractivity contribution is 0.0875. The van der Waals surface area contributed by atoms with Crippen molar-refractivity contribution < 1.29 is 4.74 Å². The lowest BCUT2D eigenvalue weighted by atomic mass is 9.80. The van der Waals surface area contributed by atoms with Gasteiger partial charge in [0, 0.05) is 17.7 Å². The number of rotatable bonds is 4. The summed E-state index contributed by atoms with van der Waals surface area (Å²) in [5.41, 5.74) is 6.71. The number of hydrogen-bond acceptors (Lipinski definition) is 3. The first-order valence-corrected chi connectivity index (χ1v) is 7.20. The van der Waals surface area contributed by atoms with E-state index in [2.05, 4.69) is 19.2 Å². The molecule has 0 amide bonds. The second kappa shape index (κ2) is 5.25. The van der Waals surface area contributed by atoms with Crippen LogP contribution in [0, 0.1) is 0 Å². The monoisotopic (exact) mass is 240 g/mol. The number of hydrogen-bond donors (Lipinski definition) is 2. The van der Waals surface area contributed by atoms with E-state index in [1.165, 1.54) is 32.1 Å². The lowest BCUT2D eigenvalue weighted by Crippen LogP contribution is -2.51. The fraction of sp³-hybridized carbons (Fsp3) is 1.00. The summed E-state index contributed by atoms with van der Waals surface area (Å²) < 4.78 is 5.64. The zero-order chi connectivity index (χ0) is 12.4. The third-order valence-electron chi connectivity index (χ3n) is 4.89. The number of ether oxygens (including phenoxy) is 1. The minimum atomic E-state index is 0.101. The van der Waals surface area contributed by atoms with Crippen LogP contribution >= 0.6 is 0 Å². The molecule has 2 fully saturated rings. The van der Waals surface area contributed by atoms with E-state index in [1.807, 2.05) is 0 Å². The van der Waals surface area contributed by atoms with Gasteiger partial charge in [0.05, 0.1) is 6.10 Å². The summed E-state index contributed by atoms with van der Waals surface area (Å²) in [5.74, 6) is 0. The highest BCUT2D eigenvalue weighted by atomic mass is 16.5. The van der Waals surface area contributed by atoms with Crippen molar-refractivity contribution in [3.63, 3.8) is 0 Å². The smallest absolute Gasteiger partial charge is 0.0726 e. The van der Waals surface area contributed by atoms with Crippen molar-refractivity contribution in [3.8, 4) is 0 Å². The molecule has 0 aromatic heterocycles. The second-order valence-electron chi connectivity index (χ2n) is 6.28. The van der Waals surface area contributed by atoms with Gasteiger partial charge >= 0.3 is 0 Å². The van der Waals surface area contributed by atoms with E-state index in [1.54, 1.807) is 0 Å². The minimum absolute atomic E-state index is 0.101. The van der Waals surface area contributed by atoms with Crippen molar-refractivity contribution in [1.82, 2.24) is 5.32 Å². The van der Waals surface area contributed by atoms with Crippen LogP contribution < -0.4 is 11.1 Å². The molecule has 1 aliphatic heterocycles. The fourth-order valence-corrected chi connectivity index (χ4v) is 3.17. The first-order valence-electron chi connectivity index (χ1n) is 7.20. The molecule has 0 spiro atoms. The maximum Gasteiger partial charge on any atom is 0.0726 e. The van der Waals surface area contributed by atoms with Gasteiger partial charge < -0.3 is 15.8 Å². The van der Waals surface area contributed by atoms with E-state index in [9.17, 15) is 0 Å². The van der Waals surface area contributed by atoms with E-state index >= 15 is 0 Å². The van der Waals surface area contributed by atoms with Crippen LogP contribution in [0.3, 0.4) is 0 Å². The highest BCUT2D eigenvalue weighted by Crippen LogP contribution is 2.29. The minimum Gasteiger partial charge on any atom is -0.377 e.